The maximum atomic E-state index is 12.9. The summed E-state index contributed by atoms with van der Waals surface area (Å²) < 4.78 is 43.8. The van der Waals surface area contributed by atoms with Gasteiger partial charge in [-0.15, -0.1) is 0 Å². The van der Waals surface area contributed by atoms with Gasteiger partial charge in [0.2, 0.25) is 0 Å². The van der Waals surface area contributed by atoms with Crippen LogP contribution in [-0.4, -0.2) is 35.7 Å². The Kier molecular flexibility index (Phi) is 7.57. The van der Waals surface area contributed by atoms with Gasteiger partial charge in [0.25, 0.3) is 15.9 Å². The molecule has 0 spiro atoms. The smallest absolute Gasteiger partial charge is 0.261 e. The van der Waals surface area contributed by atoms with Crippen molar-refractivity contribution >= 4 is 50.5 Å². The Morgan fingerprint density at radius 3 is 2.12 bits per heavy atom. The van der Waals surface area contributed by atoms with E-state index in [0.29, 0.717) is 10.7 Å². The average Bonchev–Trinajstić information content (AvgIpc) is 2.79. The molecule has 0 aliphatic heterocycles. The number of hydrogen-bond acceptors (Lipinski definition) is 6. The summed E-state index contributed by atoms with van der Waals surface area (Å²) in [4.78, 5) is 12.8. The number of carbonyl (C=O) groups is 1. The van der Waals surface area contributed by atoms with Crippen molar-refractivity contribution in [3.63, 3.8) is 0 Å². The summed E-state index contributed by atoms with van der Waals surface area (Å²) in [5, 5.41) is 3.30. The number of carbonyl (C=O) groups excluding carboxylic acids is 1. The van der Waals surface area contributed by atoms with E-state index in [2.05, 4.69) is 10.0 Å². The number of nitrogens with one attached hydrogen (secondary N) is 2. The zero-order valence-corrected chi connectivity index (χ0v) is 20.1. The Hall–Kier alpha value is -3.14. The van der Waals surface area contributed by atoms with Crippen LogP contribution in [-0.2, 0) is 10.0 Å². The third kappa shape index (κ3) is 5.62. The Morgan fingerprint density at radius 2 is 1.52 bits per heavy atom. The first-order valence-electron chi connectivity index (χ1n) is 9.37. The molecule has 0 aromatic heterocycles. The van der Waals surface area contributed by atoms with Crippen molar-refractivity contribution in [2.75, 3.05) is 31.4 Å². The first-order chi connectivity index (χ1) is 15.7. The molecule has 11 heteroatoms. The maximum absolute atomic E-state index is 12.9. The molecule has 0 aliphatic rings. The standard InChI is InChI=1S/C22H20Cl2N2O6S/c1-30-19-9-8-16(33(28,29)26-15-6-4-14(23)5-7-15)12-18(19)25-22(27)13-10-17(24)21(32-3)20(11-13)31-2/h4-12,26H,1-3H3,(H,25,27). The van der Waals surface area contributed by atoms with Crippen molar-refractivity contribution in [2.24, 2.45) is 0 Å². The number of sulfonamides is 1. The van der Waals surface area contributed by atoms with E-state index < -0.39 is 15.9 Å². The maximum Gasteiger partial charge on any atom is 0.261 e. The summed E-state index contributed by atoms with van der Waals surface area (Å²) in [6, 6.07) is 13.1. The number of anilines is 2. The molecule has 0 atom stereocenters. The first kappa shape index (κ1) is 24.5. The molecule has 0 saturated carbocycles. The zero-order chi connectivity index (χ0) is 24.2. The molecule has 2 N–H and O–H groups in total. The Labute approximate surface area is 201 Å². The largest absolute Gasteiger partial charge is 0.495 e. The fourth-order valence-electron chi connectivity index (χ4n) is 2.93. The van der Waals surface area contributed by atoms with Crippen LogP contribution in [0.3, 0.4) is 0 Å². The van der Waals surface area contributed by atoms with Crippen LogP contribution in [0.1, 0.15) is 10.4 Å². The van der Waals surface area contributed by atoms with Crippen LogP contribution in [0.2, 0.25) is 10.0 Å². The van der Waals surface area contributed by atoms with Crippen LogP contribution in [0, 0.1) is 0 Å². The highest BCUT2D eigenvalue weighted by Crippen LogP contribution is 2.36. The molecule has 33 heavy (non-hydrogen) atoms. The van der Waals surface area contributed by atoms with Crippen LogP contribution in [0.4, 0.5) is 11.4 Å². The number of hydrogen-bond donors (Lipinski definition) is 2. The van der Waals surface area contributed by atoms with Crippen LogP contribution < -0.4 is 24.2 Å². The van der Waals surface area contributed by atoms with Gasteiger partial charge in [0.1, 0.15) is 5.75 Å². The molecular weight excluding hydrogens is 491 g/mol. The van der Waals surface area contributed by atoms with Gasteiger partial charge in [-0.05, 0) is 54.6 Å². The highest BCUT2D eigenvalue weighted by molar-refractivity contribution is 7.92. The van der Waals surface area contributed by atoms with E-state index in [-0.39, 0.29) is 38.4 Å². The van der Waals surface area contributed by atoms with Crippen molar-refractivity contribution < 1.29 is 27.4 Å². The molecule has 1 amide bonds. The van der Waals surface area contributed by atoms with Crippen molar-refractivity contribution in [3.8, 4) is 17.2 Å². The number of amides is 1. The van der Waals surface area contributed by atoms with E-state index in [1.54, 1.807) is 12.1 Å². The summed E-state index contributed by atoms with van der Waals surface area (Å²) in [7, 11) is 0.290. The molecule has 3 aromatic carbocycles. The second-order valence-electron chi connectivity index (χ2n) is 6.62. The summed E-state index contributed by atoms with van der Waals surface area (Å²) in [6.07, 6.45) is 0. The van der Waals surface area contributed by atoms with Crippen LogP contribution in [0.15, 0.2) is 59.5 Å². The third-order valence-corrected chi connectivity index (χ3v) is 6.43. The molecule has 0 aliphatic carbocycles. The summed E-state index contributed by atoms with van der Waals surface area (Å²) in [5.41, 5.74) is 0.653. The summed E-state index contributed by atoms with van der Waals surface area (Å²) in [6.45, 7) is 0. The molecule has 3 rings (SSSR count). The van der Waals surface area contributed by atoms with Crippen molar-refractivity contribution in [1.82, 2.24) is 0 Å². The van der Waals surface area contributed by atoms with Gasteiger partial charge in [-0.1, -0.05) is 23.2 Å². The van der Waals surface area contributed by atoms with Gasteiger partial charge in [-0.25, -0.2) is 8.42 Å². The minimum Gasteiger partial charge on any atom is -0.495 e. The number of methoxy groups -OCH3 is 3. The molecule has 0 unspecified atom stereocenters. The van der Waals surface area contributed by atoms with Crippen LogP contribution >= 0.6 is 23.2 Å². The quantitative estimate of drug-likeness (QED) is 0.438. The molecule has 0 heterocycles. The van der Waals surface area contributed by atoms with Gasteiger partial charge in [0.05, 0.1) is 36.9 Å². The van der Waals surface area contributed by atoms with E-state index in [9.17, 15) is 13.2 Å². The predicted molar refractivity (Wildman–Crippen MR) is 128 cm³/mol. The van der Waals surface area contributed by atoms with Crippen molar-refractivity contribution in [1.29, 1.82) is 0 Å². The van der Waals surface area contributed by atoms with Gasteiger partial charge < -0.3 is 19.5 Å². The van der Waals surface area contributed by atoms with Gasteiger partial charge in [0.15, 0.2) is 11.5 Å². The monoisotopic (exact) mass is 510 g/mol. The van der Waals surface area contributed by atoms with Gasteiger partial charge in [-0.2, -0.15) is 0 Å². The molecule has 0 bridgehead atoms. The second-order valence-corrected chi connectivity index (χ2v) is 9.15. The normalized spacial score (nSPS) is 10.9. The van der Waals surface area contributed by atoms with Gasteiger partial charge >= 0.3 is 0 Å². The SMILES string of the molecule is COc1ccc(S(=O)(=O)Nc2ccc(Cl)cc2)cc1NC(=O)c1cc(Cl)c(OC)c(OC)c1. The molecule has 0 fully saturated rings. The zero-order valence-electron chi connectivity index (χ0n) is 17.8. The number of benzene rings is 3. The van der Waals surface area contributed by atoms with Crippen molar-refractivity contribution in [2.45, 2.75) is 4.90 Å². The lowest BCUT2D eigenvalue weighted by atomic mass is 10.1. The Bertz CT molecular complexity index is 1280. The topological polar surface area (TPSA) is 103 Å². The molecule has 174 valence electrons. The molecule has 0 saturated heterocycles. The van der Waals surface area contributed by atoms with Crippen LogP contribution in [0.25, 0.3) is 0 Å². The summed E-state index contributed by atoms with van der Waals surface area (Å²) in [5.74, 6) is 0.261. The van der Waals surface area contributed by atoms with Crippen LogP contribution in [0.5, 0.6) is 17.2 Å². The van der Waals surface area contributed by atoms with E-state index in [1.807, 2.05) is 0 Å². The lowest BCUT2D eigenvalue weighted by Crippen LogP contribution is -2.16. The Balaban J connectivity index is 1.92. The molecule has 3 aromatic rings. The molecular formula is C22H20Cl2N2O6S. The highest BCUT2D eigenvalue weighted by Gasteiger charge is 2.20. The Morgan fingerprint density at radius 1 is 0.848 bits per heavy atom. The minimum atomic E-state index is -3.96. The average molecular weight is 511 g/mol. The van der Waals surface area contributed by atoms with E-state index in [0.717, 1.165) is 0 Å². The van der Waals surface area contributed by atoms with Gasteiger partial charge in [-0.3, -0.25) is 9.52 Å². The van der Waals surface area contributed by atoms with Gasteiger partial charge in [0, 0.05) is 16.3 Å². The van der Waals surface area contributed by atoms with Crippen molar-refractivity contribution in [3.05, 3.63) is 70.2 Å². The number of halogens is 2. The highest BCUT2D eigenvalue weighted by atomic mass is 35.5. The predicted octanol–water partition coefficient (Wildman–Crippen LogP) is 5.07. The number of ether oxygens (including phenoxy) is 3. The minimum absolute atomic E-state index is 0.0844. The molecule has 8 nitrogen and oxygen atoms in total. The molecule has 0 radical (unpaired) electrons. The van der Waals surface area contributed by atoms with E-state index in [4.69, 9.17) is 37.4 Å². The number of rotatable bonds is 8. The second kappa shape index (κ2) is 10.2. The summed E-state index contributed by atoms with van der Waals surface area (Å²) >= 11 is 12.0. The van der Waals surface area contributed by atoms with E-state index in [1.165, 1.54) is 63.8 Å². The van der Waals surface area contributed by atoms with E-state index >= 15 is 0 Å². The fourth-order valence-corrected chi connectivity index (χ4v) is 4.43. The fraction of sp³-hybridized carbons (Fsp3) is 0.136. The third-order valence-electron chi connectivity index (χ3n) is 4.52. The lowest BCUT2D eigenvalue weighted by molar-refractivity contribution is 0.102. The lowest BCUT2D eigenvalue weighted by Gasteiger charge is -2.15. The first-order valence-corrected chi connectivity index (χ1v) is 11.6.